The fraction of sp³-hybridized carbons (Fsp3) is 0.143. The van der Waals surface area contributed by atoms with Crippen molar-refractivity contribution in [2.75, 3.05) is 4.72 Å². The number of anilines is 1. The van der Waals surface area contributed by atoms with Crippen molar-refractivity contribution in [2.24, 2.45) is 0 Å². The predicted molar refractivity (Wildman–Crippen MR) is 57.2 cm³/mol. The average molecular weight is 251 g/mol. The van der Waals surface area contributed by atoms with Crippen LogP contribution in [0.2, 0.25) is 5.02 Å². The van der Waals surface area contributed by atoms with Gasteiger partial charge in [0, 0.05) is 6.07 Å². The van der Waals surface area contributed by atoms with Gasteiger partial charge in [0.1, 0.15) is 5.02 Å². The van der Waals surface area contributed by atoms with Crippen LogP contribution in [0.15, 0.2) is 12.1 Å². The van der Waals surface area contributed by atoms with Crippen molar-refractivity contribution >= 4 is 34.2 Å². The largest absolute Gasteiger partial charge is 0.289 e. The van der Waals surface area contributed by atoms with E-state index in [-0.39, 0.29) is 16.4 Å². The van der Waals surface area contributed by atoms with Crippen LogP contribution in [0.1, 0.15) is 5.56 Å². The van der Waals surface area contributed by atoms with Crippen LogP contribution < -0.4 is 4.72 Å². The molecule has 8 heteroatoms. The third-order valence-electron chi connectivity index (χ3n) is 1.69. The number of nitrogens with zero attached hydrogens (tertiary/aromatic N) is 1. The third-order valence-corrected chi connectivity index (χ3v) is 2.39. The van der Waals surface area contributed by atoms with Gasteiger partial charge >= 0.3 is 0 Å². The van der Waals surface area contributed by atoms with Gasteiger partial charge in [0.25, 0.3) is 17.0 Å². The number of hydrogen-bond donors (Lipinski definition) is 2. The molecule has 6 nitrogen and oxygen atoms in total. The summed E-state index contributed by atoms with van der Waals surface area (Å²) in [6, 6.07) is 2.47. The van der Waals surface area contributed by atoms with Crippen LogP contribution in [0.25, 0.3) is 0 Å². The van der Waals surface area contributed by atoms with E-state index >= 15 is 0 Å². The Morgan fingerprint density at radius 1 is 1.60 bits per heavy atom. The minimum Gasteiger partial charge on any atom is -0.289 e. The van der Waals surface area contributed by atoms with Crippen molar-refractivity contribution < 1.29 is 13.7 Å². The highest BCUT2D eigenvalue weighted by Gasteiger charge is 2.15. The van der Waals surface area contributed by atoms with E-state index in [1.165, 1.54) is 12.1 Å². The molecule has 2 N–H and O–H groups in total. The van der Waals surface area contributed by atoms with Crippen molar-refractivity contribution in [1.82, 2.24) is 0 Å². The monoisotopic (exact) mass is 250 g/mol. The summed E-state index contributed by atoms with van der Waals surface area (Å²) in [4.78, 5) is 9.88. The highest BCUT2D eigenvalue weighted by molar-refractivity contribution is 7.80. The van der Waals surface area contributed by atoms with Gasteiger partial charge in [-0.05, 0) is 18.6 Å². The lowest BCUT2D eigenvalue weighted by Crippen LogP contribution is -2.04. The molecule has 82 valence electrons. The van der Waals surface area contributed by atoms with E-state index < -0.39 is 16.2 Å². The molecule has 1 rings (SSSR count). The Hall–Kier alpha value is -1.18. The highest BCUT2D eigenvalue weighted by atomic mass is 35.5. The molecule has 1 aromatic carbocycles. The molecule has 0 aliphatic rings. The van der Waals surface area contributed by atoms with Crippen molar-refractivity contribution in [3.05, 3.63) is 32.8 Å². The molecule has 0 saturated carbocycles. The fourth-order valence-corrected chi connectivity index (χ4v) is 1.65. The second-order valence-corrected chi connectivity index (χ2v) is 3.84. The molecule has 0 bridgehead atoms. The Morgan fingerprint density at radius 2 is 2.20 bits per heavy atom. The zero-order valence-corrected chi connectivity index (χ0v) is 9.13. The van der Waals surface area contributed by atoms with Gasteiger partial charge in [-0.3, -0.25) is 19.4 Å². The van der Waals surface area contributed by atoms with Crippen LogP contribution >= 0.6 is 11.6 Å². The molecule has 1 unspecified atom stereocenters. The molecular weight excluding hydrogens is 244 g/mol. The Morgan fingerprint density at radius 3 is 2.67 bits per heavy atom. The summed E-state index contributed by atoms with van der Waals surface area (Å²) < 4.78 is 21.3. The number of aryl methyl sites for hydroxylation is 1. The normalized spacial score (nSPS) is 12.2. The second-order valence-electron chi connectivity index (χ2n) is 2.73. The summed E-state index contributed by atoms with van der Waals surface area (Å²) in [7, 11) is 0. The molecule has 0 aliphatic carbocycles. The fourth-order valence-electron chi connectivity index (χ4n) is 1.01. The minimum absolute atomic E-state index is 0.0847. The van der Waals surface area contributed by atoms with Gasteiger partial charge in [-0.25, -0.2) is 4.21 Å². The first-order chi connectivity index (χ1) is 6.91. The topological polar surface area (TPSA) is 92.5 Å². The van der Waals surface area contributed by atoms with Crippen molar-refractivity contribution in [1.29, 1.82) is 0 Å². The SMILES string of the molecule is Cc1cc([N+](=O)[O-])c(Cl)cc1NS(=O)O. The van der Waals surface area contributed by atoms with E-state index in [1.54, 1.807) is 6.92 Å². The van der Waals surface area contributed by atoms with Crippen LogP contribution in [0.4, 0.5) is 11.4 Å². The van der Waals surface area contributed by atoms with Gasteiger partial charge in [-0.15, -0.1) is 0 Å². The minimum atomic E-state index is -2.23. The van der Waals surface area contributed by atoms with E-state index in [2.05, 4.69) is 4.72 Å². The first kappa shape index (κ1) is 11.9. The van der Waals surface area contributed by atoms with Crippen LogP contribution in [-0.2, 0) is 11.3 Å². The van der Waals surface area contributed by atoms with E-state index in [0.717, 1.165) is 0 Å². The third kappa shape index (κ3) is 2.88. The number of hydrogen-bond acceptors (Lipinski definition) is 3. The van der Waals surface area contributed by atoms with E-state index in [4.69, 9.17) is 16.2 Å². The van der Waals surface area contributed by atoms with E-state index in [1.807, 2.05) is 0 Å². The maximum absolute atomic E-state index is 10.5. The Bertz CT molecular complexity index is 437. The van der Waals surface area contributed by atoms with Crippen LogP contribution in [0.3, 0.4) is 0 Å². The predicted octanol–water partition coefficient (Wildman–Crippen LogP) is 2.11. The number of nitro benzene ring substituents is 1. The Balaban J connectivity index is 3.19. The van der Waals surface area contributed by atoms with Crippen molar-refractivity contribution in [3.63, 3.8) is 0 Å². The van der Waals surface area contributed by atoms with Gasteiger partial charge in [0.2, 0.25) is 0 Å². The zero-order chi connectivity index (χ0) is 11.6. The molecule has 0 aromatic heterocycles. The standard InChI is InChI=1S/C7H7ClN2O4S/c1-4-2-7(10(11)12)5(8)3-6(4)9-15(13)14/h2-3,9H,1H3,(H,13,14). The molecule has 0 fully saturated rings. The number of benzene rings is 1. The summed E-state index contributed by atoms with van der Waals surface area (Å²) in [6.07, 6.45) is 0. The Labute approximate surface area is 92.8 Å². The summed E-state index contributed by atoms with van der Waals surface area (Å²) >= 11 is 3.39. The molecular formula is C7H7ClN2O4S. The summed E-state index contributed by atoms with van der Waals surface area (Å²) in [5.74, 6) is 0. The molecule has 0 amide bonds. The van der Waals surface area contributed by atoms with Crippen molar-refractivity contribution in [2.45, 2.75) is 6.92 Å². The molecule has 0 heterocycles. The molecule has 0 spiro atoms. The van der Waals surface area contributed by atoms with Gasteiger partial charge < -0.3 is 0 Å². The summed E-state index contributed by atoms with van der Waals surface area (Å²) in [5, 5.41) is 10.4. The number of halogens is 1. The first-order valence-corrected chi connectivity index (χ1v) is 5.22. The molecule has 0 radical (unpaired) electrons. The van der Waals surface area contributed by atoms with Crippen LogP contribution in [0, 0.1) is 17.0 Å². The smallest absolute Gasteiger partial charge is 0.288 e. The lowest BCUT2D eigenvalue weighted by atomic mass is 10.2. The number of rotatable bonds is 3. The molecule has 1 aromatic rings. The van der Waals surface area contributed by atoms with Crippen LogP contribution in [0.5, 0.6) is 0 Å². The second kappa shape index (κ2) is 4.56. The van der Waals surface area contributed by atoms with E-state index in [9.17, 15) is 14.3 Å². The van der Waals surface area contributed by atoms with Crippen LogP contribution in [-0.4, -0.2) is 13.7 Å². The summed E-state index contributed by atoms with van der Waals surface area (Å²) in [6.45, 7) is 1.57. The highest BCUT2D eigenvalue weighted by Crippen LogP contribution is 2.30. The van der Waals surface area contributed by atoms with Gasteiger partial charge in [0.15, 0.2) is 0 Å². The quantitative estimate of drug-likeness (QED) is 0.488. The first-order valence-electron chi connectivity index (χ1n) is 3.74. The van der Waals surface area contributed by atoms with Crippen molar-refractivity contribution in [3.8, 4) is 0 Å². The maximum Gasteiger partial charge on any atom is 0.288 e. The molecule has 15 heavy (non-hydrogen) atoms. The van der Waals surface area contributed by atoms with Gasteiger partial charge in [0.05, 0.1) is 10.6 Å². The zero-order valence-electron chi connectivity index (χ0n) is 7.56. The number of nitrogens with one attached hydrogen (secondary N) is 1. The number of nitro groups is 1. The lowest BCUT2D eigenvalue weighted by molar-refractivity contribution is -0.384. The lowest BCUT2D eigenvalue weighted by Gasteiger charge is -2.06. The Kier molecular flexibility index (Phi) is 3.61. The van der Waals surface area contributed by atoms with Gasteiger partial charge in [-0.1, -0.05) is 11.6 Å². The molecule has 0 aliphatic heterocycles. The molecule has 1 atom stereocenters. The average Bonchev–Trinajstić information content (AvgIpc) is 2.09. The molecule has 0 saturated heterocycles. The van der Waals surface area contributed by atoms with E-state index in [0.29, 0.717) is 5.56 Å². The summed E-state index contributed by atoms with van der Waals surface area (Å²) in [5.41, 5.74) is 0.517. The maximum atomic E-state index is 10.5. The van der Waals surface area contributed by atoms with Gasteiger partial charge in [-0.2, -0.15) is 0 Å².